The molecule has 1 atom stereocenters. The van der Waals surface area contributed by atoms with Gasteiger partial charge in [0.25, 0.3) is 0 Å². The van der Waals surface area contributed by atoms with Crippen LogP contribution in [-0.4, -0.2) is 16.9 Å². The van der Waals surface area contributed by atoms with Gasteiger partial charge in [-0.3, -0.25) is 9.78 Å². The summed E-state index contributed by atoms with van der Waals surface area (Å²) in [5.41, 5.74) is 8.09. The second kappa shape index (κ2) is 5.04. The Kier molecular flexibility index (Phi) is 3.46. The van der Waals surface area contributed by atoms with Crippen LogP contribution in [0.25, 0.3) is 10.9 Å². The van der Waals surface area contributed by atoms with Crippen LogP contribution in [0.1, 0.15) is 19.0 Å². The van der Waals surface area contributed by atoms with E-state index in [0.717, 1.165) is 22.3 Å². The van der Waals surface area contributed by atoms with Crippen LogP contribution in [0.15, 0.2) is 30.3 Å². The number of aryl methyl sites for hydroxylation is 1. The molecule has 0 spiro atoms. The van der Waals surface area contributed by atoms with Gasteiger partial charge >= 0.3 is 0 Å². The van der Waals surface area contributed by atoms with E-state index in [1.807, 2.05) is 44.2 Å². The third-order valence-electron chi connectivity index (χ3n) is 2.75. The number of hydrogen-bond donors (Lipinski definition) is 2. The zero-order valence-corrected chi connectivity index (χ0v) is 10.6. The predicted octanol–water partition coefficient (Wildman–Crippen LogP) is 2.22. The van der Waals surface area contributed by atoms with Crippen molar-refractivity contribution in [3.63, 3.8) is 0 Å². The Morgan fingerprint density at radius 1 is 1.44 bits per heavy atom. The molecule has 94 valence electrons. The Bertz CT molecular complexity index is 580. The molecule has 0 saturated heterocycles. The first-order valence-electron chi connectivity index (χ1n) is 5.97. The van der Waals surface area contributed by atoms with Gasteiger partial charge < -0.3 is 11.1 Å². The molecule has 0 fully saturated rings. The minimum absolute atomic E-state index is 0.00714. The summed E-state index contributed by atoms with van der Waals surface area (Å²) in [5, 5.41) is 4.37. The molecule has 4 nitrogen and oxygen atoms in total. The van der Waals surface area contributed by atoms with Gasteiger partial charge in [-0.1, -0.05) is 18.2 Å². The van der Waals surface area contributed by atoms with E-state index in [0.29, 0.717) is 6.42 Å². The van der Waals surface area contributed by atoms with E-state index in [-0.39, 0.29) is 11.9 Å². The zero-order valence-electron chi connectivity index (χ0n) is 10.6. The summed E-state index contributed by atoms with van der Waals surface area (Å²) in [7, 11) is 0. The van der Waals surface area contributed by atoms with E-state index in [4.69, 9.17) is 5.73 Å². The fourth-order valence-electron chi connectivity index (χ4n) is 2.05. The maximum atomic E-state index is 10.9. The Morgan fingerprint density at radius 2 is 2.17 bits per heavy atom. The summed E-state index contributed by atoms with van der Waals surface area (Å²) >= 11 is 0. The fraction of sp³-hybridized carbons (Fsp3) is 0.286. The number of benzene rings is 1. The number of amides is 1. The van der Waals surface area contributed by atoms with E-state index in [1.165, 1.54) is 0 Å². The molecule has 0 aliphatic heterocycles. The summed E-state index contributed by atoms with van der Waals surface area (Å²) in [6.07, 6.45) is 0.315. The standard InChI is InChI=1S/C14H17N3O/c1-9-7-13(17-10(2)8-14(15)18)11-5-3-4-6-12(11)16-9/h3-7,10H,8H2,1-2H3,(H2,15,18)(H,16,17). The van der Waals surface area contributed by atoms with Gasteiger partial charge in [-0.25, -0.2) is 0 Å². The molecule has 18 heavy (non-hydrogen) atoms. The van der Waals surface area contributed by atoms with Crippen molar-refractivity contribution in [3.05, 3.63) is 36.0 Å². The highest BCUT2D eigenvalue weighted by Gasteiger charge is 2.09. The molecular weight excluding hydrogens is 226 g/mol. The van der Waals surface area contributed by atoms with Crippen LogP contribution >= 0.6 is 0 Å². The van der Waals surface area contributed by atoms with Crippen molar-refractivity contribution in [2.24, 2.45) is 5.73 Å². The molecule has 1 aromatic carbocycles. The lowest BCUT2D eigenvalue weighted by atomic mass is 10.1. The van der Waals surface area contributed by atoms with Crippen molar-refractivity contribution >= 4 is 22.5 Å². The second-order valence-corrected chi connectivity index (χ2v) is 4.54. The Morgan fingerprint density at radius 3 is 2.89 bits per heavy atom. The van der Waals surface area contributed by atoms with E-state index >= 15 is 0 Å². The van der Waals surface area contributed by atoms with Gasteiger partial charge in [0.1, 0.15) is 0 Å². The van der Waals surface area contributed by atoms with Crippen molar-refractivity contribution in [3.8, 4) is 0 Å². The van der Waals surface area contributed by atoms with Crippen LogP contribution in [0.3, 0.4) is 0 Å². The quantitative estimate of drug-likeness (QED) is 0.865. The smallest absolute Gasteiger partial charge is 0.219 e. The number of rotatable bonds is 4. The van der Waals surface area contributed by atoms with E-state index in [9.17, 15) is 4.79 Å². The largest absolute Gasteiger partial charge is 0.381 e. The summed E-state index contributed by atoms with van der Waals surface area (Å²) < 4.78 is 0. The van der Waals surface area contributed by atoms with E-state index < -0.39 is 0 Å². The van der Waals surface area contributed by atoms with Crippen LogP contribution in [0.2, 0.25) is 0 Å². The molecule has 4 heteroatoms. The summed E-state index contributed by atoms with van der Waals surface area (Å²) in [5.74, 6) is -0.301. The molecule has 2 aromatic rings. The van der Waals surface area contributed by atoms with Crippen molar-refractivity contribution < 1.29 is 4.79 Å². The van der Waals surface area contributed by atoms with Crippen molar-refractivity contribution in [2.75, 3.05) is 5.32 Å². The van der Waals surface area contributed by atoms with Crippen LogP contribution < -0.4 is 11.1 Å². The fourth-order valence-corrected chi connectivity index (χ4v) is 2.05. The summed E-state index contributed by atoms with van der Waals surface area (Å²) in [4.78, 5) is 15.4. The van der Waals surface area contributed by atoms with Crippen molar-refractivity contribution in [1.29, 1.82) is 0 Å². The number of fused-ring (bicyclic) bond motifs is 1. The SMILES string of the molecule is Cc1cc(NC(C)CC(N)=O)c2ccccc2n1. The first kappa shape index (κ1) is 12.4. The number of primary amides is 1. The molecule has 0 aliphatic rings. The number of aromatic nitrogens is 1. The second-order valence-electron chi connectivity index (χ2n) is 4.54. The third-order valence-corrected chi connectivity index (χ3v) is 2.75. The molecular formula is C14H17N3O. The molecule has 1 unspecified atom stereocenters. The van der Waals surface area contributed by atoms with Gasteiger partial charge in [0, 0.05) is 29.2 Å². The van der Waals surface area contributed by atoms with Gasteiger partial charge in [-0.05, 0) is 26.0 Å². The lowest BCUT2D eigenvalue weighted by molar-refractivity contribution is -0.118. The normalized spacial score (nSPS) is 12.3. The lowest BCUT2D eigenvalue weighted by Crippen LogP contribution is -2.24. The molecule has 2 rings (SSSR count). The van der Waals surface area contributed by atoms with E-state index in [1.54, 1.807) is 0 Å². The van der Waals surface area contributed by atoms with Crippen molar-refractivity contribution in [2.45, 2.75) is 26.3 Å². The zero-order chi connectivity index (χ0) is 13.1. The van der Waals surface area contributed by atoms with Crippen LogP contribution in [-0.2, 0) is 4.79 Å². The lowest BCUT2D eigenvalue weighted by Gasteiger charge is -2.16. The van der Waals surface area contributed by atoms with Crippen LogP contribution in [0, 0.1) is 6.92 Å². The van der Waals surface area contributed by atoms with Gasteiger partial charge in [-0.15, -0.1) is 0 Å². The highest BCUT2D eigenvalue weighted by Crippen LogP contribution is 2.23. The first-order valence-corrected chi connectivity index (χ1v) is 5.97. The third kappa shape index (κ3) is 2.77. The predicted molar refractivity (Wildman–Crippen MR) is 73.4 cm³/mol. The highest BCUT2D eigenvalue weighted by atomic mass is 16.1. The number of pyridine rings is 1. The number of nitrogens with two attached hydrogens (primary N) is 1. The first-order chi connectivity index (χ1) is 8.56. The van der Waals surface area contributed by atoms with Crippen molar-refractivity contribution in [1.82, 2.24) is 4.98 Å². The Hall–Kier alpha value is -2.10. The molecule has 1 aromatic heterocycles. The molecule has 1 heterocycles. The van der Waals surface area contributed by atoms with Gasteiger partial charge in [-0.2, -0.15) is 0 Å². The van der Waals surface area contributed by atoms with Gasteiger partial charge in [0.15, 0.2) is 0 Å². The molecule has 0 bridgehead atoms. The number of hydrogen-bond acceptors (Lipinski definition) is 3. The summed E-state index contributed by atoms with van der Waals surface area (Å²) in [6.45, 7) is 3.89. The van der Waals surface area contributed by atoms with E-state index in [2.05, 4.69) is 10.3 Å². The molecule has 0 radical (unpaired) electrons. The minimum Gasteiger partial charge on any atom is -0.381 e. The van der Waals surface area contributed by atoms with Crippen LogP contribution in [0.5, 0.6) is 0 Å². The monoisotopic (exact) mass is 243 g/mol. The Balaban J connectivity index is 2.35. The van der Waals surface area contributed by atoms with Gasteiger partial charge in [0.2, 0.25) is 5.91 Å². The Labute approximate surface area is 106 Å². The van der Waals surface area contributed by atoms with Gasteiger partial charge in [0.05, 0.1) is 5.52 Å². The number of carbonyl (C=O) groups excluding carboxylic acids is 1. The number of carbonyl (C=O) groups is 1. The molecule has 3 N–H and O–H groups in total. The minimum atomic E-state index is -0.301. The maximum absolute atomic E-state index is 10.9. The molecule has 0 saturated carbocycles. The number of nitrogens with zero attached hydrogens (tertiary/aromatic N) is 1. The maximum Gasteiger partial charge on any atom is 0.219 e. The van der Waals surface area contributed by atoms with Crippen LogP contribution in [0.4, 0.5) is 5.69 Å². The molecule has 1 amide bonds. The highest BCUT2D eigenvalue weighted by molar-refractivity contribution is 5.91. The molecule has 0 aliphatic carbocycles. The number of para-hydroxylation sites is 1. The number of anilines is 1. The summed E-state index contributed by atoms with van der Waals surface area (Å²) in [6, 6.07) is 9.93. The average Bonchev–Trinajstić information content (AvgIpc) is 2.27. The number of nitrogens with one attached hydrogen (secondary N) is 1. The average molecular weight is 243 g/mol. The topological polar surface area (TPSA) is 68.0 Å².